The van der Waals surface area contributed by atoms with E-state index in [0.717, 1.165) is 29.3 Å². The number of para-hydroxylation sites is 1. The molecule has 162 valence electrons. The van der Waals surface area contributed by atoms with Crippen molar-refractivity contribution >= 4 is 22.5 Å². The number of hydrogen-bond acceptors (Lipinski definition) is 6. The molecule has 0 aliphatic carbocycles. The standard InChI is InChI=1S/C24H21N3O5/c1-32-19(28)13-16(20-22(29)25-18-9-2-3-10-26(18)24(20)31)17-12-15-7-4-6-14-8-5-11-27(21(14)15)23(17)30/h2-4,6-7,9-10,12,16,29H,5,8,11,13H2,1H3. The highest BCUT2D eigenvalue weighted by Gasteiger charge is 2.30. The molecule has 32 heavy (non-hydrogen) atoms. The Morgan fingerprint density at radius 2 is 2.03 bits per heavy atom. The van der Waals surface area contributed by atoms with Gasteiger partial charge in [-0.1, -0.05) is 24.3 Å². The average Bonchev–Trinajstić information content (AvgIpc) is 2.80. The van der Waals surface area contributed by atoms with Crippen LogP contribution in [0.4, 0.5) is 0 Å². The average molecular weight is 431 g/mol. The largest absolute Gasteiger partial charge is 0.493 e. The number of hydrogen-bond donors (Lipinski definition) is 1. The number of carbonyl (C=O) groups excluding carboxylic acids is 1. The first-order chi connectivity index (χ1) is 15.5. The van der Waals surface area contributed by atoms with Gasteiger partial charge in [-0.15, -0.1) is 0 Å². The number of ether oxygens (including phenoxy) is 1. The third kappa shape index (κ3) is 3.07. The van der Waals surface area contributed by atoms with Gasteiger partial charge in [-0.05, 0) is 42.0 Å². The van der Waals surface area contributed by atoms with Crippen LogP contribution in [0.15, 0.2) is 58.3 Å². The van der Waals surface area contributed by atoms with E-state index in [1.54, 1.807) is 28.8 Å². The molecule has 8 heteroatoms. The zero-order valence-corrected chi connectivity index (χ0v) is 17.4. The van der Waals surface area contributed by atoms with Gasteiger partial charge in [-0.2, -0.15) is 4.98 Å². The van der Waals surface area contributed by atoms with Crippen molar-refractivity contribution < 1.29 is 14.6 Å². The second kappa shape index (κ2) is 7.64. The van der Waals surface area contributed by atoms with Gasteiger partial charge in [-0.3, -0.25) is 18.8 Å². The van der Waals surface area contributed by atoms with Crippen molar-refractivity contribution in [3.05, 3.63) is 86.1 Å². The van der Waals surface area contributed by atoms with Crippen molar-refractivity contribution in [3.63, 3.8) is 0 Å². The molecular formula is C24H21N3O5. The summed E-state index contributed by atoms with van der Waals surface area (Å²) in [6.07, 6.45) is 2.97. The minimum Gasteiger partial charge on any atom is -0.493 e. The Morgan fingerprint density at radius 1 is 1.19 bits per heavy atom. The number of aryl methyl sites for hydroxylation is 2. The molecular weight excluding hydrogens is 410 g/mol. The van der Waals surface area contributed by atoms with Gasteiger partial charge in [0.2, 0.25) is 5.88 Å². The first kappa shape index (κ1) is 20.0. The minimum absolute atomic E-state index is 0.102. The second-order valence-electron chi connectivity index (χ2n) is 7.93. The molecule has 1 N–H and O–H groups in total. The molecule has 0 fully saturated rings. The molecule has 0 radical (unpaired) electrons. The van der Waals surface area contributed by atoms with Crippen LogP contribution in [0.25, 0.3) is 16.6 Å². The van der Waals surface area contributed by atoms with Gasteiger partial charge in [0, 0.05) is 24.2 Å². The zero-order valence-electron chi connectivity index (χ0n) is 17.4. The SMILES string of the molecule is COC(=O)CC(c1cc2cccc3c2n(c1=O)CCC3)c1c(O)nc2ccccn2c1=O. The van der Waals surface area contributed by atoms with Crippen LogP contribution < -0.4 is 11.1 Å². The molecule has 1 aromatic carbocycles. The summed E-state index contributed by atoms with van der Waals surface area (Å²) in [7, 11) is 1.24. The van der Waals surface area contributed by atoms with E-state index in [2.05, 4.69) is 4.98 Å². The summed E-state index contributed by atoms with van der Waals surface area (Å²) >= 11 is 0. The Labute approximate surface area is 182 Å². The number of aromatic nitrogens is 3. The topological polar surface area (TPSA) is 103 Å². The maximum atomic E-state index is 13.6. The third-order valence-electron chi connectivity index (χ3n) is 6.12. The van der Waals surface area contributed by atoms with Crippen LogP contribution in [0, 0.1) is 0 Å². The van der Waals surface area contributed by atoms with Crippen LogP contribution >= 0.6 is 0 Å². The molecule has 4 heterocycles. The smallest absolute Gasteiger partial charge is 0.306 e. The number of esters is 1. The fourth-order valence-corrected chi connectivity index (χ4v) is 4.65. The predicted molar refractivity (Wildman–Crippen MR) is 118 cm³/mol. The molecule has 1 aliphatic rings. The van der Waals surface area contributed by atoms with Gasteiger partial charge in [0.25, 0.3) is 11.1 Å². The Bertz CT molecular complexity index is 1500. The highest BCUT2D eigenvalue weighted by Crippen LogP contribution is 2.32. The molecule has 1 aliphatic heterocycles. The lowest BCUT2D eigenvalue weighted by molar-refractivity contribution is -0.140. The van der Waals surface area contributed by atoms with Crippen LogP contribution in [0.3, 0.4) is 0 Å². The number of fused-ring (bicyclic) bond motifs is 1. The van der Waals surface area contributed by atoms with Crippen LogP contribution in [0.5, 0.6) is 5.88 Å². The van der Waals surface area contributed by atoms with Gasteiger partial charge in [0.15, 0.2) is 0 Å². The fraction of sp³-hybridized carbons (Fsp3) is 0.250. The summed E-state index contributed by atoms with van der Waals surface area (Å²) in [5.74, 6) is -2.10. The maximum Gasteiger partial charge on any atom is 0.306 e. The van der Waals surface area contributed by atoms with E-state index in [0.29, 0.717) is 6.54 Å². The molecule has 1 unspecified atom stereocenters. The highest BCUT2D eigenvalue weighted by molar-refractivity contribution is 5.84. The lowest BCUT2D eigenvalue weighted by Gasteiger charge is -2.23. The van der Waals surface area contributed by atoms with Crippen molar-refractivity contribution in [2.45, 2.75) is 31.7 Å². The van der Waals surface area contributed by atoms with E-state index in [9.17, 15) is 19.5 Å². The van der Waals surface area contributed by atoms with Crippen LogP contribution in [-0.4, -0.2) is 32.1 Å². The number of methoxy groups -OCH3 is 1. The third-order valence-corrected chi connectivity index (χ3v) is 6.12. The van der Waals surface area contributed by atoms with Crippen molar-refractivity contribution in [1.29, 1.82) is 0 Å². The normalized spacial score (nSPS) is 13.9. The molecule has 0 saturated heterocycles. The minimum atomic E-state index is -1.01. The van der Waals surface area contributed by atoms with E-state index in [4.69, 9.17) is 4.74 Å². The predicted octanol–water partition coefficient (Wildman–Crippen LogP) is 2.36. The zero-order chi connectivity index (χ0) is 22.4. The second-order valence-corrected chi connectivity index (χ2v) is 7.93. The van der Waals surface area contributed by atoms with Gasteiger partial charge < -0.3 is 14.4 Å². The molecule has 4 aromatic rings. The molecule has 3 aromatic heterocycles. The van der Waals surface area contributed by atoms with Crippen LogP contribution in [0.1, 0.15) is 35.4 Å². The quantitative estimate of drug-likeness (QED) is 0.498. The summed E-state index contributed by atoms with van der Waals surface area (Å²) in [6.45, 7) is 0.548. The van der Waals surface area contributed by atoms with Crippen molar-refractivity contribution in [2.75, 3.05) is 7.11 Å². The first-order valence-electron chi connectivity index (χ1n) is 10.4. The molecule has 1 atom stereocenters. The molecule has 8 nitrogen and oxygen atoms in total. The van der Waals surface area contributed by atoms with Crippen molar-refractivity contribution in [2.24, 2.45) is 0 Å². The highest BCUT2D eigenvalue weighted by atomic mass is 16.5. The van der Waals surface area contributed by atoms with Gasteiger partial charge in [0.1, 0.15) is 5.65 Å². The number of pyridine rings is 2. The van der Waals surface area contributed by atoms with E-state index in [1.165, 1.54) is 17.7 Å². The molecule has 5 rings (SSSR count). The van der Waals surface area contributed by atoms with Crippen LogP contribution in [0.2, 0.25) is 0 Å². The summed E-state index contributed by atoms with van der Waals surface area (Å²) < 4.78 is 7.84. The monoisotopic (exact) mass is 431 g/mol. The van der Waals surface area contributed by atoms with Crippen LogP contribution in [-0.2, 0) is 22.5 Å². The lowest BCUT2D eigenvalue weighted by Crippen LogP contribution is -2.32. The summed E-state index contributed by atoms with van der Waals surface area (Å²) in [4.78, 5) is 43.3. The Kier molecular flexibility index (Phi) is 4.77. The summed E-state index contributed by atoms with van der Waals surface area (Å²) in [5, 5.41) is 11.6. The van der Waals surface area contributed by atoms with E-state index in [1.807, 2.05) is 18.2 Å². The lowest BCUT2D eigenvalue weighted by atomic mass is 9.88. The van der Waals surface area contributed by atoms with E-state index < -0.39 is 23.3 Å². The number of aromatic hydroxyl groups is 1. The maximum absolute atomic E-state index is 13.6. The summed E-state index contributed by atoms with van der Waals surface area (Å²) in [6, 6.07) is 12.5. The Morgan fingerprint density at radius 3 is 2.84 bits per heavy atom. The van der Waals surface area contributed by atoms with Gasteiger partial charge >= 0.3 is 5.97 Å². The Balaban J connectivity index is 1.82. The Hall–Kier alpha value is -3.94. The number of rotatable bonds is 4. The van der Waals surface area contributed by atoms with E-state index in [-0.39, 0.29) is 28.8 Å². The number of carbonyl (C=O) groups is 1. The molecule has 0 amide bonds. The molecule has 0 spiro atoms. The van der Waals surface area contributed by atoms with Crippen molar-refractivity contribution in [3.8, 4) is 5.88 Å². The number of nitrogens with zero attached hydrogens (tertiary/aromatic N) is 3. The molecule has 0 bridgehead atoms. The fourth-order valence-electron chi connectivity index (χ4n) is 4.65. The van der Waals surface area contributed by atoms with Crippen molar-refractivity contribution in [1.82, 2.24) is 14.0 Å². The van der Waals surface area contributed by atoms with E-state index >= 15 is 0 Å². The summed E-state index contributed by atoms with van der Waals surface area (Å²) in [5.41, 5.74) is 1.58. The van der Waals surface area contributed by atoms with Gasteiger partial charge in [0.05, 0.1) is 24.6 Å². The molecule has 0 saturated carbocycles. The first-order valence-corrected chi connectivity index (χ1v) is 10.4. The number of benzene rings is 1. The van der Waals surface area contributed by atoms with Gasteiger partial charge in [-0.25, -0.2) is 0 Å².